The van der Waals surface area contributed by atoms with Crippen molar-refractivity contribution in [3.63, 3.8) is 0 Å². The average molecular weight is 1370 g/mol. The van der Waals surface area contributed by atoms with Crippen LogP contribution in [-0.4, -0.2) is 0 Å². The molecule has 0 fully saturated rings. The summed E-state index contributed by atoms with van der Waals surface area (Å²) in [6.45, 7) is 0. The molecular formula is C109H64. The van der Waals surface area contributed by atoms with Crippen molar-refractivity contribution >= 4 is 48.6 Å². The van der Waals surface area contributed by atoms with Gasteiger partial charge in [-0.15, -0.1) is 0 Å². The summed E-state index contributed by atoms with van der Waals surface area (Å²) in [4.78, 5) is 0. The smallest absolute Gasteiger partial charge is 0.0619 e. The van der Waals surface area contributed by atoms with E-state index in [9.17, 15) is 0 Å². The third-order valence-electron chi connectivity index (χ3n) is 27.2. The predicted molar refractivity (Wildman–Crippen MR) is 448 cm³/mol. The standard InChI is InChI=1S/C109H64/c1-2-18-74-58-105(57-73(74)17-1)93-29-13-9-25-81(93)85-41-33-65(49-97(85)105)69-37-45-89-90-46-38-70(66-34-42-86-82-26-10-14-30-94(82)106(98(86)50-66)59-75-19-3-4-20-76(75)60-106)54-102(90)109(101(89)53-69)103-55-71(67-35-43-87-83-27-11-15-31-95(83)107(99(87)51-67)61-77-21-5-6-22-78(77)62-107)39-47-91(103)92-48-40-72(56-104(92)109)68-36-44-88-84-28-12-16-32-96(84)108(100(88)52-68)63-79-23-7-8-24-80(79)64-108/h1-64H. The third kappa shape index (κ3) is 7.40. The van der Waals surface area contributed by atoms with Crippen LogP contribution in [-0.2, 0) is 27.1 Å². The number of hydrogen-bond donors (Lipinski definition) is 0. The highest BCUT2D eigenvalue weighted by Gasteiger charge is 2.54. The Morgan fingerprint density at radius 2 is 0.266 bits per heavy atom. The van der Waals surface area contributed by atoms with E-state index < -0.39 is 27.1 Å². The van der Waals surface area contributed by atoms with Gasteiger partial charge in [-0.3, -0.25) is 0 Å². The molecule has 0 heteroatoms. The maximum Gasteiger partial charge on any atom is 0.0726 e. The molecule has 0 saturated heterocycles. The second kappa shape index (κ2) is 20.5. The zero-order chi connectivity index (χ0) is 70.8. The zero-order valence-corrected chi connectivity index (χ0v) is 59.5. The molecule has 5 spiro atoms. The lowest BCUT2D eigenvalue weighted by molar-refractivity contribution is 0.795. The first kappa shape index (κ1) is 58.7. The van der Waals surface area contributed by atoms with Crippen molar-refractivity contribution in [2.75, 3.05) is 0 Å². The highest BCUT2D eigenvalue weighted by Crippen LogP contribution is 2.66. The topological polar surface area (TPSA) is 0 Å². The zero-order valence-electron chi connectivity index (χ0n) is 59.5. The minimum Gasteiger partial charge on any atom is -0.0619 e. The molecule has 0 aliphatic heterocycles. The van der Waals surface area contributed by atoms with Crippen LogP contribution in [0.15, 0.2) is 340 Å². The summed E-state index contributed by atoms with van der Waals surface area (Å²) >= 11 is 0. The predicted octanol–water partition coefficient (Wildman–Crippen LogP) is 18.9. The normalized spacial score (nSPS) is 16.3. The van der Waals surface area contributed by atoms with Gasteiger partial charge in [-0.1, -0.05) is 340 Å². The van der Waals surface area contributed by atoms with Gasteiger partial charge in [0, 0.05) is 0 Å². The van der Waals surface area contributed by atoms with Crippen LogP contribution in [0.2, 0.25) is 0 Å². The van der Waals surface area contributed by atoms with Gasteiger partial charge < -0.3 is 0 Å². The van der Waals surface area contributed by atoms with Crippen LogP contribution in [0.5, 0.6) is 0 Å². The summed E-state index contributed by atoms with van der Waals surface area (Å²) in [7, 11) is 0. The molecule has 0 amide bonds. The maximum absolute atomic E-state index is 2.62. The van der Waals surface area contributed by atoms with Crippen LogP contribution in [0.4, 0.5) is 0 Å². The Hall–Kier alpha value is -13.5. The van der Waals surface area contributed by atoms with Crippen LogP contribution in [0.1, 0.15) is 66.8 Å². The molecule has 0 atom stereocenters. The van der Waals surface area contributed by atoms with Gasteiger partial charge in [0.2, 0.25) is 0 Å². The van der Waals surface area contributed by atoms with Gasteiger partial charge in [0.25, 0.3) is 0 Å². The third-order valence-corrected chi connectivity index (χ3v) is 27.2. The van der Waals surface area contributed by atoms with E-state index >= 15 is 0 Å². The van der Waals surface area contributed by atoms with E-state index in [2.05, 4.69) is 388 Å². The molecule has 26 rings (SSSR count). The van der Waals surface area contributed by atoms with Gasteiger partial charge in [0.15, 0.2) is 0 Å². The van der Waals surface area contributed by atoms with Crippen LogP contribution >= 0.6 is 0 Å². The minimum absolute atomic E-state index is 0.403. The van der Waals surface area contributed by atoms with Crippen LogP contribution in [0.25, 0.3) is 160 Å². The fourth-order valence-corrected chi connectivity index (χ4v) is 22.5. The van der Waals surface area contributed by atoms with Crippen molar-refractivity contribution in [1.29, 1.82) is 0 Å². The lowest BCUT2D eigenvalue weighted by atomic mass is 9.69. The van der Waals surface area contributed by atoms with E-state index in [0.29, 0.717) is 0 Å². The molecule has 0 unspecified atom stereocenters. The highest BCUT2D eigenvalue weighted by atomic mass is 14.5. The molecule has 0 saturated carbocycles. The lowest BCUT2D eigenvalue weighted by Gasteiger charge is -2.32. The Morgan fingerprint density at radius 3 is 0.459 bits per heavy atom. The molecule has 0 nitrogen and oxygen atoms in total. The molecular weight excluding hydrogens is 1310 g/mol. The second-order valence-corrected chi connectivity index (χ2v) is 32.2. The Bertz CT molecular complexity index is 6530. The van der Waals surface area contributed by atoms with Crippen molar-refractivity contribution in [1.82, 2.24) is 0 Å². The van der Waals surface area contributed by atoms with Gasteiger partial charge in [-0.05, 0) is 268 Å². The Morgan fingerprint density at radius 1 is 0.119 bits per heavy atom. The van der Waals surface area contributed by atoms with E-state index in [1.807, 2.05) is 0 Å². The fraction of sp³-hybridized carbons (Fsp3) is 0.0459. The fourth-order valence-electron chi connectivity index (χ4n) is 22.5. The molecule has 500 valence electrons. The van der Waals surface area contributed by atoms with Gasteiger partial charge in [-0.2, -0.15) is 0 Å². The summed E-state index contributed by atoms with van der Waals surface area (Å²) in [5.74, 6) is 0. The van der Waals surface area contributed by atoms with E-state index in [1.165, 1.54) is 220 Å². The second-order valence-electron chi connectivity index (χ2n) is 32.2. The number of benzene rings is 16. The van der Waals surface area contributed by atoms with E-state index in [-0.39, 0.29) is 0 Å². The van der Waals surface area contributed by atoms with E-state index in [4.69, 9.17) is 0 Å². The first-order valence-electron chi connectivity index (χ1n) is 38.6. The maximum atomic E-state index is 2.62. The Labute approximate surface area is 630 Å². The van der Waals surface area contributed by atoms with Crippen LogP contribution in [0, 0.1) is 0 Å². The summed E-state index contributed by atoms with van der Waals surface area (Å²) < 4.78 is 0. The Balaban J connectivity index is 0.726. The van der Waals surface area contributed by atoms with Crippen LogP contribution < -0.4 is 41.7 Å². The first-order valence-corrected chi connectivity index (χ1v) is 38.6. The highest BCUT2D eigenvalue weighted by molar-refractivity contribution is 6.03. The first-order chi connectivity index (χ1) is 53.8. The van der Waals surface area contributed by atoms with Gasteiger partial charge in [0.1, 0.15) is 0 Å². The van der Waals surface area contributed by atoms with E-state index in [0.717, 1.165) is 0 Å². The summed E-state index contributed by atoms with van der Waals surface area (Å²) in [6, 6.07) is 132. The minimum atomic E-state index is -0.801. The number of rotatable bonds is 4. The van der Waals surface area contributed by atoms with Crippen molar-refractivity contribution in [3.05, 3.63) is 448 Å². The molecule has 109 heavy (non-hydrogen) atoms. The lowest BCUT2D eigenvalue weighted by Crippen LogP contribution is -2.26. The van der Waals surface area contributed by atoms with Crippen molar-refractivity contribution in [2.45, 2.75) is 27.1 Å². The molecule has 0 heterocycles. The molecule has 16 aromatic carbocycles. The largest absolute Gasteiger partial charge is 0.0726 e. The van der Waals surface area contributed by atoms with Gasteiger partial charge in [0.05, 0.1) is 27.1 Å². The van der Waals surface area contributed by atoms with Crippen molar-refractivity contribution in [2.24, 2.45) is 0 Å². The molecule has 0 N–H and O–H groups in total. The molecule has 0 aromatic heterocycles. The molecule has 0 bridgehead atoms. The number of hydrogen-bond acceptors (Lipinski definition) is 0. The van der Waals surface area contributed by atoms with Crippen LogP contribution in [0.3, 0.4) is 0 Å². The quantitative estimate of drug-likeness (QED) is 0.165. The summed E-state index contributed by atoms with van der Waals surface area (Å²) in [5.41, 5.74) is 38.7. The van der Waals surface area contributed by atoms with Gasteiger partial charge in [-0.25, -0.2) is 0 Å². The molecule has 0 radical (unpaired) electrons. The number of fused-ring (bicyclic) bond motifs is 34. The van der Waals surface area contributed by atoms with E-state index in [1.54, 1.807) is 0 Å². The summed E-state index contributed by atoms with van der Waals surface area (Å²) in [6.07, 6.45) is 20.2. The average Bonchev–Trinajstić information content (AvgIpc) is 1.50. The van der Waals surface area contributed by atoms with Gasteiger partial charge >= 0.3 is 0 Å². The monoisotopic (exact) mass is 1370 g/mol. The van der Waals surface area contributed by atoms with Crippen molar-refractivity contribution < 1.29 is 0 Å². The summed E-state index contributed by atoms with van der Waals surface area (Å²) in [5, 5.41) is 10.3. The SMILES string of the molecule is C1=c2ccccc2=CC12c1ccccc1-c1ccc(-c3ccc4c(c3)C3(c5cc(-c6ccc7c(c6)C6(C=c8ccccc8=C6)c6ccccc6-7)ccc5-4)c4cc(-c5ccc6c(c5)C5(C=c7ccccc7=C5)c5ccccc5-6)ccc4-c4ccc(-c5ccc6c(c5)C5(C=c7ccccc7=C5)c5ccccc5-6)cc43)cc12. The molecule has 16 aromatic rings. The molecule has 10 aliphatic rings. The Kier molecular flexibility index (Phi) is 11.1. The van der Waals surface area contributed by atoms with Crippen molar-refractivity contribution in [3.8, 4) is 111 Å². The molecule has 10 aliphatic carbocycles.